The fourth-order valence-electron chi connectivity index (χ4n) is 3.50. The maximum Gasteiger partial charge on any atom is 0.318 e. The number of carbonyl (C=O) groups is 2. The van der Waals surface area contributed by atoms with E-state index in [1.165, 1.54) is 0 Å². The van der Waals surface area contributed by atoms with Crippen LogP contribution in [-0.4, -0.2) is 47.9 Å². The third-order valence-electron chi connectivity index (χ3n) is 5.00. The first-order valence-corrected chi connectivity index (χ1v) is 9.54. The second-order valence-electron chi connectivity index (χ2n) is 6.95. The van der Waals surface area contributed by atoms with Crippen molar-refractivity contribution in [3.63, 3.8) is 0 Å². The maximum absolute atomic E-state index is 12.9. The molecule has 3 rings (SSSR count). The van der Waals surface area contributed by atoms with Crippen LogP contribution < -0.4 is 5.32 Å². The van der Waals surface area contributed by atoms with Gasteiger partial charge in [-0.1, -0.05) is 61.5 Å². The van der Waals surface area contributed by atoms with Crippen molar-refractivity contribution in [2.45, 2.75) is 26.3 Å². The predicted molar refractivity (Wildman–Crippen MR) is 106 cm³/mol. The van der Waals surface area contributed by atoms with E-state index >= 15 is 0 Å². The molecule has 5 heteroatoms. The van der Waals surface area contributed by atoms with Gasteiger partial charge in [0.25, 0.3) is 0 Å². The zero-order chi connectivity index (χ0) is 19.2. The van der Waals surface area contributed by atoms with Gasteiger partial charge in [-0.05, 0) is 30.0 Å². The second kappa shape index (κ2) is 8.71. The summed E-state index contributed by atoms with van der Waals surface area (Å²) in [5, 5.41) is 3.14. The number of benzene rings is 2. The van der Waals surface area contributed by atoms with Crippen molar-refractivity contribution < 1.29 is 9.59 Å². The Morgan fingerprint density at radius 2 is 1.78 bits per heavy atom. The van der Waals surface area contributed by atoms with Gasteiger partial charge >= 0.3 is 6.03 Å². The highest BCUT2D eigenvalue weighted by molar-refractivity contribution is 5.85. The molecule has 1 saturated heterocycles. The molecule has 0 unspecified atom stereocenters. The minimum atomic E-state index is -0.247. The zero-order valence-electron chi connectivity index (χ0n) is 16.0. The van der Waals surface area contributed by atoms with Crippen LogP contribution in [-0.2, 0) is 4.79 Å². The van der Waals surface area contributed by atoms with Crippen molar-refractivity contribution in [1.82, 2.24) is 15.1 Å². The lowest BCUT2D eigenvalue weighted by Crippen LogP contribution is -2.55. The summed E-state index contributed by atoms with van der Waals surface area (Å²) in [7, 11) is 0. The first-order valence-electron chi connectivity index (χ1n) is 9.54. The molecular weight excluding hydrogens is 338 g/mol. The molecule has 0 aromatic heterocycles. The summed E-state index contributed by atoms with van der Waals surface area (Å²) in [4.78, 5) is 28.7. The molecule has 5 nitrogen and oxygen atoms in total. The standard InChI is InChI=1S/C22H27N3O2/c1-3-13-24-14-15-25(16-20(24)26)22(27)23-21(18-10-5-4-6-11-18)19-12-8-7-9-17(19)2/h4-12,21H,3,13-16H2,1-2H3,(H,23,27)/t21-/m1/s1. The molecule has 0 radical (unpaired) electrons. The molecule has 2 aromatic carbocycles. The Morgan fingerprint density at radius 1 is 1.07 bits per heavy atom. The number of rotatable bonds is 5. The van der Waals surface area contributed by atoms with E-state index in [0.717, 1.165) is 29.7 Å². The average Bonchev–Trinajstić information content (AvgIpc) is 2.69. The van der Waals surface area contributed by atoms with Gasteiger partial charge in [0.1, 0.15) is 6.54 Å². The Labute approximate surface area is 161 Å². The third-order valence-corrected chi connectivity index (χ3v) is 5.00. The molecule has 1 aliphatic heterocycles. The number of aryl methyl sites for hydroxylation is 1. The van der Waals surface area contributed by atoms with Crippen molar-refractivity contribution in [3.05, 3.63) is 71.3 Å². The summed E-state index contributed by atoms with van der Waals surface area (Å²) in [5.41, 5.74) is 3.21. The third kappa shape index (κ3) is 4.48. The van der Waals surface area contributed by atoms with Crippen molar-refractivity contribution in [3.8, 4) is 0 Å². The van der Waals surface area contributed by atoms with E-state index in [-0.39, 0.29) is 24.5 Å². The zero-order valence-corrected chi connectivity index (χ0v) is 16.0. The normalized spacial score (nSPS) is 15.6. The van der Waals surface area contributed by atoms with Gasteiger partial charge in [-0.15, -0.1) is 0 Å². The van der Waals surface area contributed by atoms with Gasteiger partial charge in [0.2, 0.25) is 5.91 Å². The van der Waals surface area contributed by atoms with Crippen LogP contribution in [0.4, 0.5) is 4.79 Å². The van der Waals surface area contributed by atoms with Gasteiger partial charge in [-0.3, -0.25) is 4.79 Å². The first kappa shape index (κ1) is 19.0. The lowest BCUT2D eigenvalue weighted by atomic mass is 9.95. The molecule has 1 atom stereocenters. The SMILES string of the molecule is CCCN1CCN(C(=O)N[C@H](c2ccccc2)c2ccccc2C)CC1=O. The molecule has 0 bridgehead atoms. The van der Waals surface area contributed by atoms with E-state index < -0.39 is 0 Å². The van der Waals surface area contributed by atoms with Crippen molar-refractivity contribution in [1.29, 1.82) is 0 Å². The monoisotopic (exact) mass is 365 g/mol. The van der Waals surface area contributed by atoms with E-state index in [1.54, 1.807) is 4.90 Å². The highest BCUT2D eigenvalue weighted by Crippen LogP contribution is 2.25. The van der Waals surface area contributed by atoms with E-state index in [1.807, 2.05) is 66.4 Å². The van der Waals surface area contributed by atoms with E-state index in [0.29, 0.717) is 13.1 Å². The fourth-order valence-corrected chi connectivity index (χ4v) is 3.50. The summed E-state index contributed by atoms with van der Waals surface area (Å²) in [6, 6.07) is 17.6. The van der Waals surface area contributed by atoms with Crippen LogP contribution in [0.25, 0.3) is 0 Å². The van der Waals surface area contributed by atoms with Gasteiger partial charge < -0.3 is 15.1 Å². The Morgan fingerprint density at radius 3 is 2.44 bits per heavy atom. The molecule has 1 aliphatic rings. The topological polar surface area (TPSA) is 52.6 Å². The quantitative estimate of drug-likeness (QED) is 0.883. The molecule has 0 saturated carbocycles. The summed E-state index contributed by atoms with van der Waals surface area (Å²) in [6.45, 7) is 6.15. The maximum atomic E-state index is 12.9. The molecule has 0 aliphatic carbocycles. The van der Waals surface area contributed by atoms with Crippen LogP contribution >= 0.6 is 0 Å². The number of nitrogens with one attached hydrogen (secondary N) is 1. The number of carbonyl (C=O) groups excluding carboxylic acids is 2. The molecule has 2 aromatic rings. The first-order chi connectivity index (χ1) is 13.1. The molecule has 0 spiro atoms. The molecule has 142 valence electrons. The molecule has 1 fully saturated rings. The largest absolute Gasteiger partial charge is 0.339 e. The minimum Gasteiger partial charge on any atom is -0.339 e. The van der Waals surface area contributed by atoms with Crippen LogP contribution in [0.2, 0.25) is 0 Å². The smallest absolute Gasteiger partial charge is 0.318 e. The Balaban J connectivity index is 1.78. The Hall–Kier alpha value is -2.82. The van der Waals surface area contributed by atoms with Crippen LogP contribution in [0.1, 0.15) is 36.1 Å². The van der Waals surface area contributed by atoms with E-state index in [9.17, 15) is 9.59 Å². The number of amides is 3. The van der Waals surface area contributed by atoms with Crippen molar-refractivity contribution in [2.24, 2.45) is 0 Å². The predicted octanol–water partition coefficient (Wildman–Crippen LogP) is 3.35. The van der Waals surface area contributed by atoms with Gasteiger partial charge in [0, 0.05) is 19.6 Å². The Bertz CT molecular complexity index is 791. The van der Waals surface area contributed by atoms with Gasteiger partial charge in [-0.2, -0.15) is 0 Å². The number of nitrogens with zero attached hydrogens (tertiary/aromatic N) is 2. The Kier molecular flexibility index (Phi) is 6.12. The highest BCUT2D eigenvalue weighted by Gasteiger charge is 2.28. The van der Waals surface area contributed by atoms with Crippen LogP contribution in [0, 0.1) is 6.92 Å². The molecule has 27 heavy (non-hydrogen) atoms. The van der Waals surface area contributed by atoms with E-state index in [2.05, 4.69) is 12.2 Å². The lowest BCUT2D eigenvalue weighted by Gasteiger charge is -2.35. The van der Waals surface area contributed by atoms with Gasteiger partial charge in [-0.25, -0.2) is 4.79 Å². The van der Waals surface area contributed by atoms with Crippen LogP contribution in [0.5, 0.6) is 0 Å². The summed E-state index contributed by atoms with van der Waals surface area (Å²) in [6.07, 6.45) is 0.932. The summed E-state index contributed by atoms with van der Waals surface area (Å²) >= 11 is 0. The van der Waals surface area contributed by atoms with E-state index in [4.69, 9.17) is 0 Å². The van der Waals surface area contributed by atoms with Crippen LogP contribution in [0.3, 0.4) is 0 Å². The van der Waals surface area contributed by atoms with Gasteiger partial charge in [0.15, 0.2) is 0 Å². The summed E-state index contributed by atoms with van der Waals surface area (Å²) in [5.74, 6) is 0.0189. The second-order valence-corrected chi connectivity index (χ2v) is 6.95. The number of urea groups is 1. The lowest BCUT2D eigenvalue weighted by molar-refractivity contribution is -0.134. The molecule has 3 amide bonds. The number of piperazine rings is 1. The van der Waals surface area contributed by atoms with Crippen LogP contribution in [0.15, 0.2) is 54.6 Å². The summed E-state index contributed by atoms with van der Waals surface area (Å²) < 4.78 is 0. The highest BCUT2D eigenvalue weighted by atomic mass is 16.2. The molecular formula is C22H27N3O2. The molecule has 1 heterocycles. The average molecular weight is 365 g/mol. The minimum absolute atomic E-state index is 0.0189. The van der Waals surface area contributed by atoms with Crippen molar-refractivity contribution >= 4 is 11.9 Å². The number of hydrogen-bond acceptors (Lipinski definition) is 2. The number of hydrogen-bond donors (Lipinski definition) is 1. The van der Waals surface area contributed by atoms with Crippen molar-refractivity contribution in [2.75, 3.05) is 26.2 Å². The fraction of sp³-hybridized carbons (Fsp3) is 0.364. The van der Waals surface area contributed by atoms with Gasteiger partial charge in [0.05, 0.1) is 6.04 Å². The molecule has 1 N–H and O–H groups in total.